The van der Waals surface area contributed by atoms with Gasteiger partial charge in [-0.1, -0.05) is 91.0 Å². The highest BCUT2D eigenvalue weighted by Crippen LogP contribution is 2.45. The van der Waals surface area contributed by atoms with Gasteiger partial charge in [-0.2, -0.15) is 0 Å². The van der Waals surface area contributed by atoms with Crippen molar-refractivity contribution in [2.45, 2.75) is 49.8 Å². The zero-order chi connectivity index (χ0) is 27.0. The van der Waals surface area contributed by atoms with E-state index in [0.29, 0.717) is 0 Å². The minimum Gasteiger partial charge on any atom is -0.358 e. The van der Waals surface area contributed by atoms with Crippen LogP contribution >= 0.6 is 0 Å². The average molecular weight is 527 g/mol. The van der Waals surface area contributed by atoms with Crippen molar-refractivity contribution in [1.82, 2.24) is 9.55 Å². The standard InChI is InChI=1S/C31H30N2O6/c1-30(2)38-26-24(37-28(27(26)39-30)33-19-18-25(34)32-29(33)35)20-36-31(21-12-6-3-7-13-21,22-14-8-4-9-15-22)23-16-10-5-11-17-23/h3-19,24,26-28H,20H2,1-2H3,(H,32,34,35)/t24-,26+,27-,28+/m1/s1. The zero-order valence-electron chi connectivity index (χ0n) is 21.7. The first-order valence-corrected chi connectivity index (χ1v) is 13.0. The molecular formula is C31H30N2O6. The van der Waals surface area contributed by atoms with Crippen molar-refractivity contribution in [3.63, 3.8) is 0 Å². The van der Waals surface area contributed by atoms with E-state index >= 15 is 0 Å². The lowest BCUT2D eigenvalue weighted by atomic mass is 9.80. The molecule has 0 bridgehead atoms. The molecule has 200 valence electrons. The summed E-state index contributed by atoms with van der Waals surface area (Å²) in [6.45, 7) is 3.81. The summed E-state index contributed by atoms with van der Waals surface area (Å²) in [7, 11) is 0. The fourth-order valence-electron chi connectivity index (χ4n) is 5.62. The SMILES string of the molecule is CC1(C)O[C@@H]2[C@@H](O1)[C@@H](n1ccc(=O)[nH]c1=O)O[C@@H]2COC(c1ccccc1)(c1ccccc1)c1ccccc1. The molecule has 0 saturated carbocycles. The lowest BCUT2D eigenvalue weighted by molar-refractivity contribution is -0.205. The van der Waals surface area contributed by atoms with E-state index in [4.69, 9.17) is 18.9 Å². The number of aromatic amines is 1. The average Bonchev–Trinajstić information content (AvgIpc) is 3.44. The number of ether oxygens (including phenoxy) is 4. The van der Waals surface area contributed by atoms with E-state index in [2.05, 4.69) is 41.4 Å². The van der Waals surface area contributed by atoms with E-state index in [1.807, 2.05) is 68.4 Å². The lowest BCUT2D eigenvalue weighted by Crippen LogP contribution is -2.39. The highest BCUT2D eigenvalue weighted by molar-refractivity contribution is 5.47. The summed E-state index contributed by atoms with van der Waals surface area (Å²) in [6, 6.07) is 31.5. The Morgan fingerprint density at radius 2 is 1.31 bits per heavy atom. The number of rotatable bonds is 7. The number of H-pyrrole nitrogens is 1. The zero-order valence-corrected chi connectivity index (χ0v) is 21.7. The molecule has 0 spiro atoms. The fraction of sp³-hybridized carbons (Fsp3) is 0.290. The van der Waals surface area contributed by atoms with Gasteiger partial charge in [-0.15, -0.1) is 0 Å². The molecule has 39 heavy (non-hydrogen) atoms. The predicted molar refractivity (Wildman–Crippen MR) is 144 cm³/mol. The van der Waals surface area contributed by atoms with E-state index in [0.717, 1.165) is 16.7 Å². The smallest absolute Gasteiger partial charge is 0.330 e. The number of nitrogens with one attached hydrogen (secondary N) is 1. The number of fused-ring (bicyclic) bond motifs is 1. The Labute approximate surface area is 225 Å². The van der Waals surface area contributed by atoms with Gasteiger partial charge in [0.2, 0.25) is 0 Å². The van der Waals surface area contributed by atoms with Crippen LogP contribution < -0.4 is 11.2 Å². The van der Waals surface area contributed by atoms with Crippen LogP contribution in [0.25, 0.3) is 0 Å². The molecule has 2 aliphatic heterocycles. The highest BCUT2D eigenvalue weighted by atomic mass is 16.8. The van der Waals surface area contributed by atoms with Crippen molar-refractivity contribution in [1.29, 1.82) is 0 Å². The third kappa shape index (κ3) is 4.66. The molecule has 0 radical (unpaired) electrons. The molecule has 3 heterocycles. The quantitative estimate of drug-likeness (QED) is 0.367. The van der Waals surface area contributed by atoms with Crippen molar-refractivity contribution in [2.75, 3.05) is 6.61 Å². The fourth-order valence-corrected chi connectivity index (χ4v) is 5.62. The topological polar surface area (TPSA) is 91.8 Å². The van der Waals surface area contributed by atoms with Crippen LogP contribution in [-0.2, 0) is 24.5 Å². The summed E-state index contributed by atoms with van der Waals surface area (Å²) < 4.78 is 27.2. The van der Waals surface area contributed by atoms with Gasteiger partial charge in [0, 0.05) is 12.3 Å². The number of aromatic nitrogens is 2. The van der Waals surface area contributed by atoms with E-state index in [1.54, 1.807) is 0 Å². The van der Waals surface area contributed by atoms with Crippen LogP contribution in [0.3, 0.4) is 0 Å². The predicted octanol–water partition coefficient (Wildman–Crippen LogP) is 3.96. The van der Waals surface area contributed by atoms with Crippen molar-refractivity contribution in [2.24, 2.45) is 0 Å². The first kappa shape index (κ1) is 25.5. The van der Waals surface area contributed by atoms with Gasteiger partial charge in [-0.05, 0) is 30.5 Å². The van der Waals surface area contributed by atoms with Gasteiger partial charge < -0.3 is 18.9 Å². The summed E-state index contributed by atoms with van der Waals surface area (Å²) in [6.07, 6.45) is -1.01. The molecule has 0 unspecified atom stereocenters. The molecule has 8 nitrogen and oxygen atoms in total. The molecule has 4 aromatic rings. The normalized spacial score (nSPS) is 23.9. The molecule has 2 saturated heterocycles. The maximum absolute atomic E-state index is 12.7. The second-order valence-corrected chi connectivity index (χ2v) is 10.2. The number of hydrogen-bond acceptors (Lipinski definition) is 6. The Hall–Kier alpha value is -3.82. The summed E-state index contributed by atoms with van der Waals surface area (Å²) in [4.78, 5) is 26.6. The minimum absolute atomic E-state index is 0.147. The Kier molecular flexibility index (Phi) is 6.56. The Bertz CT molecular complexity index is 1440. The summed E-state index contributed by atoms with van der Waals surface area (Å²) in [5.74, 6) is -0.878. The molecule has 8 heteroatoms. The number of benzene rings is 3. The number of nitrogens with zero attached hydrogens (tertiary/aromatic N) is 1. The van der Waals surface area contributed by atoms with Gasteiger partial charge in [0.05, 0.1) is 6.61 Å². The van der Waals surface area contributed by atoms with Crippen LogP contribution in [-0.4, -0.2) is 40.3 Å². The van der Waals surface area contributed by atoms with Gasteiger partial charge in [0.25, 0.3) is 5.56 Å². The van der Waals surface area contributed by atoms with E-state index in [9.17, 15) is 9.59 Å². The monoisotopic (exact) mass is 526 g/mol. The largest absolute Gasteiger partial charge is 0.358 e. The van der Waals surface area contributed by atoms with E-state index in [-0.39, 0.29) is 6.61 Å². The van der Waals surface area contributed by atoms with Crippen molar-refractivity contribution >= 4 is 0 Å². The van der Waals surface area contributed by atoms with Gasteiger partial charge in [-0.3, -0.25) is 14.3 Å². The Morgan fingerprint density at radius 1 is 0.795 bits per heavy atom. The second-order valence-electron chi connectivity index (χ2n) is 10.2. The summed E-state index contributed by atoms with van der Waals surface area (Å²) in [5.41, 5.74) is 0.906. The van der Waals surface area contributed by atoms with Crippen LogP contribution in [0.1, 0.15) is 36.8 Å². The van der Waals surface area contributed by atoms with E-state index in [1.165, 1.54) is 16.8 Å². The molecule has 0 aliphatic carbocycles. The lowest BCUT2D eigenvalue weighted by Gasteiger charge is -2.37. The number of hydrogen-bond donors (Lipinski definition) is 1. The molecule has 1 N–H and O–H groups in total. The summed E-state index contributed by atoms with van der Waals surface area (Å²) >= 11 is 0. The second kappa shape index (κ2) is 10.1. The van der Waals surface area contributed by atoms with Crippen LogP contribution in [0.15, 0.2) is 113 Å². The Morgan fingerprint density at radius 3 is 1.82 bits per heavy atom. The molecule has 6 rings (SSSR count). The van der Waals surface area contributed by atoms with Crippen LogP contribution in [0.2, 0.25) is 0 Å². The van der Waals surface area contributed by atoms with Crippen LogP contribution in [0.5, 0.6) is 0 Å². The first-order valence-electron chi connectivity index (χ1n) is 13.0. The molecule has 0 amide bonds. The first-order chi connectivity index (χ1) is 18.9. The molecule has 4 atom stereocenters. The molecule has 2 aliphatic rings. The minimum atomic E-state index is -0.940. The van der Waals surface area contributed by atoms with Crippen molar-refractivity contribution in [3.8, 4) is 0 Å². The molecular weight excluding hydrogens is 496 g/mol. The van der Waals surface area contributed by atoms with Crippen LogP contribution in [0, 0.1) is 0 Å². The van der Waals surface area contributed by atoms with Crippen LogP contribution in [0.4, 0.5) is 0 Å². The molecule has 2 fully saturated rings. The molecule has 3 aromatic carbocycles. The highest BCUT2D eigenvalue weighted by Gasteiger charge is 2.56. The van der Waals surface area contributed by atoms with Gasteiger partial charge >= 0.3 is 5.69 Å². The summed E-state index contributed by atoms with van der Waals surface area (Å²) in [5, 5.41) is 0. The van der Waals surface area contributed by atoms with Crippen molar-refractivity contribution < 1.29 is 18.9 Å². The maximum Gasteiger partial charge on any atom is 0.330 e. The van der Waals surface area contributed by atoms with Gasteiger partial charge in [-0.25, -0.2) is 4.79 Å². The van der Waals surface area contributed by atoms with Gasteiger partial charge in [0.1, 0.15) is 23.9 Å². The third-order valence-electron chi connectivity index (χ3n) is 7.26. The molecule has 1 aromatic heterocycles. The maximum atomic E-state index is 12.7. The third-order valence-corrected chi connectivity index (χ3v) is 7.26. The van der Waals surface area contributed by atoms with Gasteiger partial charge in [0.15, 0.2) is 12.0 Å². The Balaban J connectivity index is 1.40. The van der Waals surface area contributed by atoms with E-state index < -0.39 is 47.2 Å². The van der Waals surface area contributed by atoms with Crippen molar-refractivity contribution in [3.05, 3.63) is 141 Å².